The van der Waals surface area contributed by atoms with Crippen LogP contribution in [0.15, 0.2) is 46.5 Å². The first-order valence-corrected chi connectivity index (χ1v) is 15.2. The number of carbonyl (C=O) groups excluding carboxylic acids is 1. The zero-order chi connectivity index (χ0) is 26.9. The lowest BCUT2D eigenvalue weighted by molar-refractivity contribution is -0.121. The van der Waals surface area contributed by atoms with Gasteiger partial charge in [0.2, 0.25) is 5.91 Å². The minimum atomic E-state index is -3.41. The van der Waals surface area contributed by atoms with Crippen LogP contribution in [0.2, 0.25) is 0 Å². The van der Waals surface area contributed by atoms with Gasteiger partial charge in [-0.15, -0.1) is 0 Å². The highest BCUT2D eigenvalue weighted by molar-refractivity contribution is 8.15. The number of nitrogens with zero attached hydrogens (tertiary/aromatic N) is 2. The van der Waals surface area contributed by atoms with Crippen LogP contribution in [-0.2, 0) is 19.4 Å². The van der Waals surface area contributed by atoms with Gasteiger partial charge in [0.25, 0.3) is 0 Å². The zero-order valence-electron chi connectivity index (χ0n) is 21.2. The van der Waals surface area contributed by atoms with Crippen molar-refractivity contribution in [3.05, 3.63) is 42.2 Å². The molecule has 0 aliphatic carbocycles. The molecule has 2 aromatic heterocycles. The molecule has 0 saturated carbocycles. The SMILES string of the molecule is CCC(C(N)=O)C1CN=C(c2cc3cc(Oc4ccc(S(C)(=O)=O)nc4)cc(OC4CCOCC4)c3[nH]2)S1. The molecule has 1 amide bonds. The number of primary amides is 1. The smallest absolute Gasteiger partial charge is 0.221 e. The summed E-state index contributed by atoms with van der Waals surface area (Å²) < 4.78 is 41.4. The summed E-state index contributed by atoms with van der Waals surface area (Å²) in [4.78, 5) is 24.0. The number of aliphatic imine (C=N–C) groups is 1. The Morgan fingerprint density at radius 3 is 2.68 bits per heavy atom. The predicted octanol–water partition coefficient (Wildman–Crippen LogP) is 3.69. The summed E-state index contributed by atoms with van der Waals surface area (Å²) in [6, 6.07) is 8.67. The quantitative estimate of drug-likeness (QED) is 0.404. The van der Waals surface area contributed by atoms with E-state index in [1.807, 2.05) is 25.1 Å². The second-order valence-corrected chi connectivity index (χ2v) is 12.6. The van der Waals surface area contributed by atoms with Crippen molar-refractivity contribution < 1.29 is 27.4 Å². The Bertz CT molecular complexity index is 1460. The van der Waals surface area contributed by atoms with Gasteiger partial charge >= 0.3 is 0 Å². The topological polar surface area (TPSA) is 146 Å². The van der Waals surface area contributed by atoms with Crippen molar-refractivity contribution in [1.82, 2.24) is 9.97 Å². The van der Waals surface area contributed by atoms with Crippen molar-refractivity contribution >= 4 is 43.5 Å². The Labute approximate surface area is 225 Å². The third kappa shape index (κ3) is 5.82. The molecule has 1 aromatic carbocycles. The Morgan fingerprint density at radius 1 is 1.24 bits per heavy atom. The highest BCUT2D eigenvalue weighted by Crippen LogP contribution is 2.38. The Kier molecular flexibility index (Phi) is 7.64. The van der Waals surface area contributed by atoms with Gasteiger partial charge in [-0.2, -0.15) is 0 Å². The highest BCUT2D eigenvalue weighted by Gasteiger charge is 2.32. The highest BCUT2D eigenvalue weighted by atomic mass is 32.2. The normalized spacial score (nSPS) is 19.3. The number of fused-ring (bicyclic) bond motifs is 1. The number of hydrogen-bond donors (Lipinski definition) is 2. The van der Waals surface area contributed by atoms with Gasteiger partial charge in [0, 0.05) is 35.8 Å². The number of nitrogens with one attached hydrogen (secondary N) is 1. The molecule has 1 fully saturated rings. The summed E-state index contributed by atoms with van der Waals surface area (Å²) in [7, 11) is -3.41. The summed E-state index contributed by atoms with van der Waals surface area (Å²) >= 11 is 1.56. The number of thioether (sulfide) groups is 1. The molecule has 2 unspecified atom stereocenters. The minimum absolute atomic E-state index is 0.00752. The monoisotopic (exact) mass is 558 g/mol. The number of ether oxygens (including phenoxy) is 3. The predicted molar refractivity (Wildman–Crippen MR) is 146 cm³/mol. The van der Waals surface area contributed by atoms with Crippen molar-refractivity contribution in [2.45, 2.75) is 42.6 Å². The van der Waals surface area contributed by atoms with Crippen LogP contribution in [0.5, 0.6) is 17.2 Å². The molecule has 2 atom stereocenters. The molecule has 3 N–H and O–H groups in total. The molecule has 1 saturated heterocycles. The van der Waals surface area contributed by atoms with Crippen LogP contribution in [0, 0.1) is 5.92 Å². The fourth-order valence-corrected chi connectivity index (χ4v) is 6.48. The van der Waals surface area contributed by atoms with E-state index in [2.05, 4.69) is 9.97 Å². The molecule has 2 aliphatic heterocycles. The molecular formula is C26H30N4O6S2. The number of benzene rings is 1. The summed E-state index contributed by atoms with van der Waals surface area (Å²) in [6.45, 7) is 3.78. The molecule has 0 radical (unpaired) electrons. The number of hydrogen-bond acceptors (Lipinski definition) is 9. The number of aromatic nitrogens is 2. The lowest BCUT2D eigenvalue weighted by atomic mass is 10.0. The first-order valence-electron chi connectivity index (χ1n) is 12.5. The second kappa shape index (κ2) is 11.0. The standard InChI is InChI=1S/C26H30N4O6S2/c1-3-19(25(27)31)22-14-29-26(37-22)20-11-15-10-18(35-17-4-5-23(28-13-17)38(2,32)33)12-21(24(15)30-20)36-16-6-8-34-9-7-16/h4-5,10-13,16,19,22,30H,3,6-9,14H2,1-2H3,(H2,27,31). The molecule has 0 bridgehead atoms. The summed E-state index contributed by atoms with van der Waals surface area (Å²) in [5, 5.41) is 1.69. The maximum atomic E-state index is 11.9. The van der Waals surface area contributed by atoms with E-state index < -0.39 is 9.84 Å². The van der Waals surface area contributed by atoms with Crippen molar-refractivity contribution in [3.8, 4) is 17.2 Å². The summed E-state index contributed by atoms with van der Waals surface area (Å²) in [5.74, 6) is 1.03. The molecule has 202 valence electrons. The minimum Gasteiger partial charge on any atom is -0.488 e. The first-order chi connectivity index (χ1) is 18.2. The van der Waals surface area contributed by atoms with Crippen molar-refractivity contribution in [2.75, 3.05) is 26.0 Å². The Hall–Kier alpha value is -3.09. The van der Waals surface area contributed by atoms with Gasteiger partial charge < -0.3 is 24.9 Å². The number of pyridine rings is 1. The van der Waals surface area contributed by atoms with Crippen molar-refractivity contribution in [2.24, 2.45) is 16.6 Å². The molecule has 5 rings (SSSR count). The third-order valence-electron chi connectivity index (χ3n) is 6.61. The van der Waals surface area contributed by atoms with Gasteiger partial charge in [0.05, 0.1) is 43.1 Å². The van der Waals surface area contributed by atoms with E-state index >= 15 is 0 Å². The van der Waals surface area contributed by atoms with Gasteiger partial charge in [0.1, 0.15) is 28.4 Å². The van der Waals surface area contributed by atoms with E-state index in [1.165, 1.54) is 12.3 Å². The molecule has 0 spiro atoms. The van der Waals surface area contributed by atoms with Gasteiger partial charge in [-0.3, -0.25) is 9.79 Å². The number of sulfone groups is 1. The Morgan fingerprint density at radius 2 is 2.03 bits per heavy atom. The third-order valence-corrected chi connectivity index (χ3v) is 8.97. The molecule has 10 nitrogen and oxygen atoms in total. The molecule has 3 aromatic rings. The van der Waals surface area contributed by atoms with Gasteiger partial charge in [-0.25, -0.2) is 13.4 Å². The number of aromatic amines is 1. The molecule has 4 heterocycles. The van der Waals surface area contributed by atoms with Crippen LogP contribution in [-0.4, -0.2) is 66.7 Å². The molecular weight excluding hydrogens is 528 g/mol. The fourth-order valence-electron chi connectivity index (χ4n) is 4.60. The summed E-state index contributed by atoms with van der Waals surface area (Å²) in [5.41, 5.74) is 7.26. The largest absolute Gasteiger partial charge is 0.488 e. The van der Waals surface area contributed by atoms with Crippen LogP contribution < -0.4 is 15.2 Å². The van der Waals surface area contributed by atoms with Gasteiger partial charge in [0.15, 0.2) is 14.9 Å². The second-order valence-electron chi connectivity index (χ2n) is 9.42. The fraction of sp³-hybridized carbons (Fsp3) is 0.423. The van der Waals surface area contributed by atoms with E-state index in [0.29, 0.717) is 43.4 Å². The average molecular weight is 559 g/mol. The molecule has 38 heavy (non-hydrogen) atoms. The van der Waals surface area contributed by atoms with Gasteiger partial charge in [-0.05, 0) is 30.7 Å². The Balaban J connectivity index is 1.45. The number of rotatable bonds is 9. The van der Waals surface area contributed by atoms with Crippen molar-refractivity contribution in [1.29, 1.82) is 0 Å². The van der Waals surface area contributed by atoms with Crippen molar-refractivity contribution in [3.63, 3.8) is 0 Å². The van der Waals surface area contributed by atoms with E-state index in [9.17, 15) is 13.2 Å². The van der Waals surface area contributed by atoms with E-state index in [4.69, 9.17) is 24.9 Å². The molecule has 2 aliphatic rings. The van der Waals surface area contributed by atoms with E-state index in [1.54, 1.807) is 17.8 Å². The number of carbonyl (C=O) groups is 1. The van der Waals surface area contributed by atoms with Crippen LogP contribution in [0.3, 0.4) is 0 Å². The van der Waals surface area contributed by atoms with E-state index in [0.717, 1.165) is 40.7 Å². The maximum Gasteiger partial charge on any atom is 0.221 e. The molecule has 12 heteroatoms. The van der Waals surface area contributed by atoms with Crippen LogP contribution >= 0.6 is 11.8 Å². The van der Waals surface area contributed by atoms with Crippen LogP contribution in [0.25, 0.3) is 10.9 Å². The number of H-pyrrole nitrogens is 1. The lowest BCUT2D eigenvalue weighted by Gasteiger charge is -2.24. The zero-order valence-corrected chi connectivity index (χ0v) is 22.8. The first kappa shape index (κ1) is 26.5. The number of amides is 1. The van der Waals surface area contributed by atoms with Crippen LogP contribution in [0.4, 0.5) is 0 Å². The average Bonchev–Trinajstić information content (AvgIpc) is 3.52. The number of nitrogens with two attached hydrogens (primary N) is 1. The lowest BCUT2D eigenvalue weighted by Crippen LogP contribution is -2.32. The maximum absolute atomic E-state index is 11.9. The summed E-state index contributed by atoms with van der Waals surface area (Å²) in [6.07, 6.45) is 4.74. The van der Waals surface area contributed by atoms with Gasteiger partial charge in [-0.1, -0.05) is 18.7 Å². The van der Waals surface area contributed by atoms with Crippen LogP contribution in [0.1, 0.15) is 31.9 Å². The van der Waals surface area contributed by atoms with E-state index in [-0.39, 0.29) is 28.2 Å².